The van der Waals surface area contributed by atoms with Crippen LogP contribution in [0, 0.1) is 0 Å². The fraction of sp³-hybridized carbons (Fsp3) is 0.824. The first-order valence-corrected chi connectivity index (χ1v) is 8.80. The average molecular weight is 359 g/mol. The van der Waals surface area contributed by atoms with Gasteiger partial charge in [-0.25, -0.2) is 4.79 Å². The summed E-state index contributed by atoms with van der Waals surface area (Å²) >= 11 is 0. The van der Waals surface area contributed by atoms with Gasteiger partial charge in [0.2, 0.25) is 5.91 Å². The van der Waals surface area contributed by atoms with Gasteiger partial charge in [-0.1, -0.05) is 0 Å². The van der Waals surface area contributed by atoms with Crippen molar-refractivity contribution in [2.45, 2.75) is 59.0 Å². The van der Waals surface area contributed by atoms with Gasteiger partial charge in [0.05, 0.1) is 13.0 Å². The van der Waals surface area contributed by atoms with Crippen molar-refractivity contribution in [1.29, 1.82) is 0 Å². The Balaban J connectivity index is 4.23. The van der Waals surface area contributed by atoms with E-state index < -0.39 is 11.7 Å². The number of carbonyl (C=O) groups excluding carboxylic acids is 3. The fourth-order valence-corrected chi connectivity index (χ4v) is 2.02. The van der Waals surface area contributed by atoms with E-state index in [0.717, 1.165) is 0 Å². The molecule has 0 aromatic heterocycles. The maximum absolute atomic E-state index is 12.2. The van der Waals surface area contributed by atoms with Gasteiger partial charge in [0, 0.05) is 26.1 Å². The molecular formula is C17H33N3O5. The van der Waals surface area contributed by atoms with Gasteiger partial charge in [0.1, 0.15) is 5.60 Å². The Labute approximate surface area is 150 Å². The number of rotatable bonds is 11. The molecule has 8 nitrogen and oxygen atoms in total. The smallest absolute Gasteiger partial charge is 0.407 e. The van der Waals surface area contributed by atoms with Crippen molar-refractivity contribution < 1.29 is 23.9 Å². The predicted molar refractivity (Wildman–Crippen MR) is 95.0 cm³/mol. The highest BCUT2D eigenvalue weighted by Crippen LogP contribution is 2.06. The topological polar surface area (TPSA) is 111 Å². The van der Waals surface area contributed by atoms with Gasteiger partial charge < -0.3 is 25.4 Å². The third kappa shape index (κ3) is 13.2. The van der Waals surface area contributed by atoms with E-state index in [0.29, 0.717) is 45.6 Å². The number of hydrogen-bond donors (Lipinski definition) is 2. The molecule has 0 aliphatic rings. The summed E-state index contributed by atoms with van der Waals surface area (Å²) in [6.45, 7) is 9.32. The lowest BCUT2D eigenvalue weighted by Crippen LogP contribution is -2.37. The van der Waals surface area contributed by atoms with Crippen molar-refractivity contribution in [3.8, 4) is 0 Å². The van der Waals surface area contributed by atoms with Crippen LogP contribution in [0.4, 0.5) is 4.79 Å². The van der Waals surface area contributed by atoms with Gasteiger partial charge in [-0.15, -0.1) is 0 Å². The molecule has 0 spiro atoms. The molecule has 0 saturated carbocycles. The van der Waals surface area contributed by atoms with Crippen LogP contribution in [0.25, 0.3) is 0 Å². The van der Waals surface area contributed by atoms with Crippen molar-refractivity contribution in [3.05, 3.63) is 0 Å². The number of ether oxygens (including phenoxy) is 2. The first kappa shape index (κ1) is 23.2. The summed E-state index contributed by atoms with van der Waals surface area (Å²) in [6, 6.07) is 0. The number of nitrogens with one attached hydrogen (secondary N) is 1. The number of alkyl carbamates (subject to hydrolysis) is 1. The molecule has 2 amide bonds. The monoisotopic (exact) mass is 359 g/mol. The first-order chi connectivity index (χ1) is 11.7. The van der Waals surface area contributed by atoms with Crippen LogP contribution in [0.5, 0.6) is 0 Å². The maximum atomic E-state index is 12.2. The molecule has 0 bridgehead atoms. The lowest BCUT2D eigenvalue weighted by atomic mass is 10.2. The van der Waals surface area contributed by atoms with E-state index in [1.54, 1.807) is 32.6 Å². The summed E-state index contributed by atoms with van der Waals surface area (Å²) in [7, 11) is 0. The number of hydrogen-bond acceptors (Lipinski definition) is 6. The Hall–Kier alpha value is -1.83. The maximum Gasteiger partial charge on any atom is 0.407 e. The van der Waals surface area contributed by atoms with Crippen LogP contribution in [0.3, 0.4) is 0 Å². The van der Waals surface area contributed by atoms with Crippen molar-refractivity contribution in [3.63, 3.8) is 0 Å². The number of carbonyl (C=O) groups is 3. The highest BCUT2D eigenvalue weighted by molar-refractivity contribution is 5.81. The summed E-state index contributed by atoms with van der Waals surface area (Å²) in [5, 5.41) is 2.66. The lowest BCUT2D eigenvalue weighted by molar-refractivity contribution is -0.145. The quantitative estimate of drug-likeness (QED) is 0.426. The standard InChI is InChI=1S/C17H33N3O5/c1-5-24-15(22)9-8-14(21)20(12-6-10-18)13-7-11-19-16(23)25-17(2,3)4/h5-13,18H2,1-4H3,(H,19,23). The van der Waals surface area contributed by atoms with Crippen LogP contribution in [0.1, 0.15) is 53.4 Å². The van der Waals surface area contributed by atoms with Crippen LogP contribution >= 0.6 is 0 Å². The Morgan fingerprint density at radius 1 is 1.08 bits per heavy atom. The van der Waals surface area contributed by atoms with E-state index in [2.05, 4.69) is 5.32 Å². The molecule has 0 aliphatic heterocycles. The fourth-order valence-electron chi connectivity index (χ4n) is 2.02. The molecule has 8 heteroatoms. The van der Waals surface area contributed by atoms with Gasteiger partial charge in [0.25, 0.3) is 0 Å². The Bertz CT molecular complexity index is 421. The molecule has 0 saturated heterocycles. The second-order valence-electron chi connectivity index (χ2n) is 6.61. The Morgan fingerprint density at radius 2 is 1.72 bits per heavy atom. The molecule has 0 aromatic carbocycles. The second kappa shape index (κ2) is 12.5. The van der Waals surface area contributed by atoms with Crippen LogP contribution in [0.2, 0.25) is 0 Å². The highest BCUT2D eigenvalue weighted by atomic mass is 16.6. The van der Waals surface area contributed by atoms with Crippen LogP contribution < -0.4 is 11.1 Å². The van der Waals surface area contributed by atoms with Crippen LogP contribution in [0.15, 0.2) is 0 Å². The number of nitrogens with zero attached hydrogens (tertiary/aromatic N) is 1. The van der Waals surface area contributed by atoms with Crippen LogP contribution in [-0.4, -0.2) is 61.3 Å². The molecule has 0 heterocycles. The molecule has 0 fully saturated rings. The third-order valence-electron chi connectivity index (χ3n) is 3.11. The van der Waals surface area contributed by atoms with E-state index in [9.17, 15) is 14.4 Å². The number of esters is 1. The summed E-state index contributed by atoms with van der Waals surface area (Å²) in [5.41, 5.74) is 4.97. The molecule has 3 N–H and O–H groups in total. The summed E-state index contributed by atoms with van der Waals surface area (Å²) in [4.78, 5) is 36.8. The largest absolute Gasteiger partial charge is 0.466 e. The van der Waals surface area contributed by atoms with Crippen molar-refractivity contribution >= 4 is 18.0 Å². The lowest BCUT2D eigenvalue weighted by Gasteiger charge is -2.23. The second-order valence-corrected chi connectivity index (χ2v) is 6.61. The zero-order valence-corrected chi connectivity index (χ0v) is 15.9. The predicted octanol–water partition coefficient (Wildman–Crippen LogP) is 1.42. The van der Waals surface area contributed by atoms with E-state index in [1.165, 1.54) is 0 Å². The summed E-state index contributed by atoms with van der Waals surface area (Å²) in [5.74, 6) is -0.486. The number of nitrogens with two attached hydrogens (primary N) is 1. The molecule has 146 valence electrons. The minimum absolute atomic E-state index is 0.0714. The van der Waals surface area contributed by atoms with Gasteiger partial charge in [-0.05, 0) is 47.1 Å². The van der Waals surface area contributed by atoms with E-state index in [1.807, 2.05) is 0 Å². The minimum atomic E-state index is -0.541. The first-order valence-electron chi connectivity index (χ1n) is 8.80. The average Bonchev–Trinajstić information content (AvgIpc) is 2.50. The van der Waals surface area contributed by atoms with Gasteiger partial charge >= 0.3 is 12.1 Å². The van der Waals surface area contributed by atoms with Gasteiger partial charge in [-0.2, -0.15) is 0 Å². The third-order valence-corrected chi connectivity index (χ3v) is 3.11. The number of amides is 2. The Kier molecular flexibility index (Phi) is 11.6. The molecule has 0 aliphatic carbocycles. The molecule has 0 atom stereocenters. The van der Waals surface area contributed by atoms with E-state index in [-0.39, 0.29) is 24.7 Å². The molecule has 0 aromatic rings. The van der Waals surface area contributed by atoms with Gasteiger partial charge in [0.15, 0.2) is 0 Å². The molecule has 0 radical (unpaired) electrons. The zero-order chi connectivity index (χ0) is 19.3. The highest BCUT2D eigenvalue weighted by Gasteiger charge is 2.17. The van der Waals surface area contributed by atoms with E-state index >= 15 is 0 Å². The van der Waals surface area contributed by atoms with E-state index in [4.69, 9.17) is 15.2 Å². The molecule has 0 unspecified atom stereocenters. The van der Waals surface area contributed by atoms with Gasteiger partial charge in [-0.3, -0.25) is 9.59 Å². The van der Waals surface area contributed by atoms with Crippen LogP contribution in [-0.2, 0) is 19.1 Å². The molecular weight excluding hydrogens is 326 g/mol. The summed E-state index contributed by atoms with van der Waals surface area (Å²) < 4.78 is 9.97. The van der Waals surface area contributed by atoms with Crippen molar-refractivity contribution in [2.24, 2.45) is 5.73 Å². The summed E-state index contributed by atoms with van der Waals surface area (Å²) in [6.07, 6.45) is 0.986. The zero-order valence-electron chi connectivity index (χ0n) is 15.9. The molecule has 25 heavy (non-hydrogen) atoms. The normalized spacial score (nSPS) is 10.9. The SMILES string of the molecule is CCOC(=O)CCC(=O)N(CCCN)CCCNC(=O)OC(C)(C)C. The molecule has 0 rings (SSSR count). The van der Waals surface area contributed by atoms with Crippen molar-refractivity contribution in [1.82, 2.24) is 10.2 Å². The van der Waals surface area contributed by atoms with Crippen molar-refractivity contribution in [2.75, 3.05) is 32.8 Å². The Morgan fingerprint density at radius 3 is 2.28 bits per heavy atom. The minimum Gasteiger partial charge on any atom is -0.466 e.